The van der Waals surface area contributed by atoms with Gasteiger partial charge in [-0.3, -0.25) is 14.9 Å². The van der Waals surface area contributed by atoms with E-state index in [-0.39, 0.29) is 24.9 Å². The summed E-state index contributed by atoms with van der Waals surface area (Å²) in [6.07, 6.45) is 1.73. The van der Waals surface area contributed by atoms with Crippen molar-refractivity contribution in [3.63, 3.8) is 0 Å². The number of ether oxygens (including phenoxy) is 1. The third-order valence-corrected chi connectivity index (χ3v) is 3.37. The molecule has 1 aliphatic heterocycles. The Morgan fingerprint density at radius 1 is 1.38 bits per heavy atom. The first-order valence-electron chi connectivity index (χ1n) is 7.34. The number of carbonyl (C=O) groups excluding carboxylic acids is 2. The third kappa shape index (κ3) is 6.57. The topological polar surface area (TPSA) is 95.9 Å². The van der Waals surface area contributed by atoms with Gasteiger partial charge in [0.05, 0.1) is 6.10 Å². The average molecular weight is 300 g/mol. The number of imide groups is 1. The van der Waals surface area contributed by atoms with Crippen molar-refractivity contribution in [3.8, 4) is 0 Å². The highest BCUT2D eigenvalue weighted by Crippen LogP contribution is 2.13. The van der Waals surface area contributed by atoms with Crippen LogP contribution in [0.25, 0.3) is 0 Å². The lowest BCUT2D eigenvalue weighted by Gasteiger charge is -2.32. The van der Waals surface area contributed by atoms with E-state index in [1.54, 1.807) is 11.8 Å². The molecule has 2 N–H and O–H groups in total. The van der Waals surface area contributed by atoms with Crippen LogP contribution in [0.5, 0.6) is 0 Å². The van der Waals surface area contributed by atoms with Crippen molar-refractivity contribution in [2.45, 2.75) is 45.6 Å². The Kier molecular flexibility index (Phi) is 7.14. The molecule has 0 bridgehead atoms. The Morgan fingerprint density at radius 2 is 2.10 bits per heavy atom. The maximum atomic E-state index is 12.0. The van der Waals surface area contributed by atoms with E-state index in [9.17, 15) is 14.4 Å². The number of nitrogens with zero attached hydrogens (tertiary/aromatic N) is 1. The molecule has 2 unspecified atom stereocenters. The van der Waals surface area contributed by atoms with Gasteiger partial charge in [0, 0.05) is 32.5 Å². The van der Waals surface area contributed by atoms with Gasteiger partial charge in [0.2, 0.25) is 5.91 Å². The van der Waals surface area contributed by atoms with Crippen LogP contribution in [0.1, 0.15) is 39.5 Å². The highest BCUT2D eigenvalue weighted by atomic mass is 16.5. The van der Waals surface area contributed by atoms with E-state index in [2.05, 4.69) is 5.32 Å². The maximum absolute atomic E-state index is 12.0. The van der Waals surface area contributed by atoms with E-state index in [0.717, 1.165) is 12.8 Å². The lowest BCUT2D eigenvalue weighted by molar-refractivity contribution is -0.138. The number of likely N-dealkylation sites (tertiary alicyclic amines) is 1. The Hall–Kier alpha value is -1.63. The molecule has 0 aromatic carbocycles. The van der Waals surface area contributed by atoms with Gasteiger partial charge in [-0.05, 0) is 25.7 Å². The van der Waals surface area contributed by atoms with Crippen LogP contribution in [-0.2, 0) is 14.3 Å². The van der Waals surface area contributed by atoms with Crippen LogP contribution < -0.4 is 5.32 Å². The number of aliphatic carboxylic acids is 1. The summed E-state index contributed by atoms with van der Waals surface area (Å²) in [7, 11) is 0. The summed E-state index contributed by atoms with van der Waals surface area (Å²) in [4.78, 5) is 35.8. The quantitative estimate of drug-likeness (QED) is 0.769. The molecule has 1 heterocycles. The highest BCUT2D eigenvalue weighted by molar-refractivity contribution is 5.94. The molecule has 120 valence electrons. The fraction of sp³-hybridized carbons (Fsp3) is 0.786. The first-order valence-corrected chi connectivity index (χ1v) is 7.34. The number of carboxylic acids is 1. The molecule has 3 amide bonds. The highest BCUT2D eigenvalue weighted by Gasteiger charge is 2.25. The molecule has 1 rings (SSSR count). The first kappa shape index (κ1) is 17.4. The molecule has 0 aromatic heterocycles. The molecule has 2 atom stereocenters. The van der Waals surface area contributed by atoms with Crippen LogP contribution in [0.15, 0.2) is 0 Å². The number of piperidine rings is 1. The summed E-state index contributed by atoms with van der Waals surface area (Å²) >= 11 is 0. The molecule has 0 spiro atoms. The Bertz CT molecular complexity index is 384. The van der Waals surface area contributed by atoms with E-state index in [4.69, 9.17) is 9.84 Å². The molecular formula is C14H24N2O5. The average Bonchev–Trinajstić information content (AvgIpc) is 2.38. The minimum Gasteiger partial charge on any atom is -0.481 e. The zero-order valence-corrected chi connectivity index (χ0v) is 12.6. The lowest BCUT2D eigenvalue weighted by atomic mass is 10.0. The number of hydrogen-bond donors (Lipinski definition) is 2. The number of carboxylic acid groups (broad SMARTS) is 1. The second-order valence-electron chi connectivity index (χ2n) is 5.43. The van der Waals surface area contributed by atoms with Crippen LogP contribution in [0.3, 0.4) is 0 Å². The first-order chi connectivity index (χ1) is 9.92. The van der Waals surface area contributed by atoms with Crippen LogP contribution in [0.4, 0.5) is 4.79 Å². The Labute approximate surface area is 124 Å². The monoisotopic (exact) mass is 300 g/mol. The van der Waals surface area contributed by atoms with E-state index >= 15 is 0 Å². The number of hydrogen-bond acceptors (Lipinski definition) is 4. The van der Waals surface area contributed by atoms with Crippen molar-refractivity contribution in [3.05, 3.63) is 0 Å². The summed E-state index contributed by atoms with van der Waals surface area (Å²) in [6.45, 7) is 5.27. The van der Waals surface area contributed by atoms with Gasteiger partial charge in [-0.1, -0.05) is 6.92 Å². The largest absolute Gasteiger partial charge is 0.481 e. The number of rotatable bonds is 6. The minimum atomic E-state index is -0.947. The van der Waals surface area contributed by atoms with Gasteiger partial charge >= 0.3 is 12.0 Å². The smallest absolute Gasteiger partial charge is 0.324 e. The van der Waals surface area contributed by atoms with E-state index in [0.29, 0.717) is 19.7 Å². The predicted octanol–water partition coefficient (Wildman–Crippen LogP) is 1.22. The van der Waals surface area contributed by atoms with Crippen LogP contribution in [0, 0.1) is 5.92 Å². The second-order valence-corrected chi connectivity index (χ2v) is 5.43. The van der Waals surface area contributed by atoms with E-state index in [1.807, 2.05) is 6.92 Å². The number of nitrogens with one attached hydrogen (secondary N) is 1. The summed E-state index contributed by atoms with van der Waals surface area (Å²) < 4.78 is 5.50. The van der Waals surface area contributed by atoms with Gasteiger partial charge in [0.1, 0.15) is 0 Å². The van der Waals surface area contributed by atoms with Crippen LogP contribution in [0.2, 0.25) is 0 Å². The zero-order chi connectivity index (χ0) is 15.8. The van der Waals surface area contributed by atoms with Crippen molar-refractivity contribution in [2.24, 2.45) is 5.92 Å². The summed E-state index contributed by atoms with van der Waals surface area (Å²) in [6, 6.07) is -0.424. The van der Waals surface area contributed by atoms with Gasteiger partial charge in [-0.25, -0.2) is 4.79 Å². The molecule has 1 fully saturated rings. The second kappa shape index (κ2) is 8.61. The van der Waals surface area contributed by atoms with E-state index in [1.165, 1.54) is 0 Å². The van der Waals surface area contributed by atoms with Gasteiger partial charge in [0.15, 0.2) is 0 Å². The molecule has 0 aliphatic carbocycles. The molecule has 21 heavy (non-hydrogen) atoms. The SMILES string of the molecule is CCOC1CCCN(C(=O)NC(=O)CC(C)CC(=O)O)C1. The minimum absolute atomic E-state index is 0.0236. The third-order valence-electron chi connectivity index (χ3n) is 3.37. The van der Waals surface area contributed by atoms with Crippen molar-refractivity contribution in [2.75, 3.05) is 19.7 Å². The number of amides is 3. The fourth-order valence-corrected chi connectivity index (χ4v) is 2.43. The van der Waals surface area contributed by atoms with Gasteiger partial charge < -0.3 is 14.7 Å². The van der Waals surface area contributed by atoms with Crippen molar-refractivity contribution in [1.29, 1.82) is 0 Å². The van der Waals surface area contributed by atoms with Gasteiger partial charge in [-0.2, -0.15) is 0 Å². The number of urea groups is 1. The van der Waals surface area contributed by atoms with Crippen molar-refractivity contribution in [1.82, 2.24) is 10.2 Å². The number of carbonyl (C=O) groups is 3. The van der Waals surface area contributed by atoms with Gasteiger partial charge in [-0.15, -0.1) is 0 Å². The molecule has 7 nitrogen and oxygen atoms in total. The van der Waals surface area contributed by atoms with Crippen molar-refractivity contribution < 1.29 is 24.2 Å². The molecular weight excluding hydrogens is 276 g/mol. The Balaban J connectivity index is 2.37. The maximum Gasteiger partial charge on any atom is 0.324 e. The predicted molar refractivity (Wildman–Crippen MR) is 75.8 cm³/mol. The lowest BCUT2D eigenvalue weighted by Crippen LogP contribution is -2.49. The fourth-order valence-electron chi connectivity index (χ4n) is 2.43. The van der Waals surface area contributed by atoms with E-state index < -0.39 is 17.9 Å². The van der Waals surface area contributed by atoms with Crippen LogP contribution >= 0.6 is 0 Å². The molecule has 7 heteroatoms. The Morgan fingerprint density at radius 3 is 2.71 bits per heavy atom. The molecule has 1 saturated heterocycles. The molecule has 0 aromatic rings. The van der Waals surface area contributed by atoms with Crippen molar-refractivity contribution >= 4 is 17.9 Å². The van der Waals surface area contributed by atoms with Gasteiger partial charge in [0.25, 0.3) is 0 Å². The zero-order valence-electron chi connectivity index (χ0n) is 12.6. The molecule has 0 radical (unpaired) electrons. The summed E-state index contributed by atoms with van der Waals surface area (Å²) in [5.41, 5.74) is 0. The molecule has 0 saturated carbocycles. The van der Waals surface area contributed by atoms with Crippen LogP contribution in [-0.4, -0.2) is 53.7 Å². The standard InChI is InChI=1S/C14H24N2O5/c1-3-21-11-5-4-6-16(9-11)14(20)15-12(17)7-10(2)8-13(18)19/h10-11H,3-9H2,1-2H3,(H,18,19)(H,15,17,20). The normalized spacial score (nSPS) is 19.9. The molecule has 1 aliphatic rings. The summed E-state index contributed by atoms with van der Waals surface area (Å²) in [5.74, 6) is -1.68. The summed E-state index contributed by atoms with van der Waals surface area (Å²) in [5, 5.41) is 11.0.